The summed E-state index contributed by atoms with van der Waals surface area (Å²) < 4.78 is 0. The van der Waals surface area contributed by atoms with Crippen LogP contribution < -0.4 is 5.73 Å². The molecule has 0 spiro atoms. The number of para-hydroxylation sites is 1. The first kappa shape index (κ1) is 10.5. The number of nitrogens with two attached hydrogens (primary N) is 1. The van der Waals surface area contributed by atoms with Gasteiger partial charge in [0.05, 0.1) is 11.3 Å². The zero-order valence-corrected chi connectivity index (χ0v) is 9.55. The fraction of sp³-hybridized carbons (Fsp3) is 0. The third kappa shape index (κ3) is 1.55. The van der Waals surface area contributed by atoms with Crippen LogP contribution in [0, 0.1) is 0 Å². The van der Waals surface area contributed by atoms with Crippen molar-refractivity contribution in [2.45, 2.75) is 0 Å². The number of aromatic nitrogens is 2. The summed E-state index contributed by atoms with van der Waals surface area (Å²) in [6.45, 7) is 0. The highest BCUT2D eigenvalue weighted by Crippen LogP contribution is 2.28. The van der Waals surface area contributed by atoms with Gasteiger partial charge in [0.1, 0.15) is 0 Å². The maximum absolute atomic E-state index is 11.4. The van der Waals surface area contributed by atoms with Gasteiger partial charge in [0, 0.05) is 28.9 Å². The van der Waals surface area contributed by atoms with Crippen LogP contribution in [0.3, 0.4) is 0 Å². The van der Waals surface area contributed by atoms with Crippen LogP contribution in [0.2, 0.25) is 0 Å². The fourth-order valence-corrected chi connectivity index (χ4v) is 2.09. The second-order valence-corrected chi connectivity index (χ2v) is 4.01. The molecule has 4 nitrogen and oxygen atoms in total. The van der Waals surface area contributed by atoms with Crippen LogP contribution in [-0.2, 0) is 0 Å². The van der Waals surface area contributed by atoms with Crippen molar-refractivity contribution in [1.29, 1.82) is 0 Å². The summed E-state index contributed by atoms with van der Waals surface area (Å²) in [5.74, 6) is -0.469. The van der Waals surface area contributed by atoms with Crippen LogP contribution in [0.25, 0.3) is 22.2 Å². The van der Waals surface area contributed by atoms with E-state index < -0.39 is 5.91 Å². The molecule has 0 radical (unpaired) electrons. The number of nitrogens with zero attached hydrogens (tertiary/aromatic N) is 1. The SMILES string of the molecule is NC(=O)c1cccnc1-c1c[nH]c2ccccc12. The minimum absolute atomic E-state index is 0.433. The zero-order valence-electron chi connectivity index (χ0n) is 9.55. The molecule has 3 rings (SSSR count). The van der Waals surface area contributed by atoms with Gasteiger partial charge in [0.25, 0.3) is 5.91 Å². The van der Waals surface area contributed by atoms with Crippen molar-refractivity contribution in [2.24, 2.45) is 5.73 Å². The summed E-state index contributed by atoms with van der Waals surface area (Å²) in [5.41, 5.74) is 8.32. The van der Waals surface area contributed by atoms with E-state index in [1.165, 1.54) is 0 Å². The zero-order chi connectivity index (χ0) is 12.5. The molecule has 0 aliphatic carbocycles. The molecule has 0 atom stereocenters. The van der Waals surface area contributed by atoms with Crippen molar-refractivity contribution in [2.75, 3.05) is 0 Å². The summed E-state index contributed by atoms with van der Waals surface area (Å²) in [6.07, 6.45) is 3.50. The lowest BCUT2D eigenvalue weighted by Crippen LogP contribution is -2.12. The molecule has 1 aromatic carbocycles. The van der Waals surface area contributed by atoms with Gasteiger partial charge < -0.3 is 10.7 Å². The van der Waals surface area contributed by atoms with Crippen molar-refractivity contribution in [1.82, 2.24) is 9.97 Å². The molecule has 0 saturated carbocycles. The molecule has 0 saturated heterocycles. The number of H-pyrrole nitrogens is 1. The topological polar surface area (TPSA) is 71.8 Å². The minimum Gasteiger partial charge on any atom is -0.366 e. The molecule has 2 heterocycles. The van der Waals surface area contributed by atoms with Gasteiger partial charge in [-0.3, -0.25) is 9.78 Å². The van der Waals surface area contributed by atoms with Crippen molar-refractivity contribution in [3.8, 4) is 11.3 Å². The van der Waals surface area contributed by atoms with Gasteiger partial charge in [-0.25, -0.2) is 0 Å². The van der Waals surface area contributed by atoms with Crippen LogP contribution in [0.15, 0.2) is 48.8 Å². The molecule has 18 heavy (non-hydrogen) atoms. The van der Waals surface area contributed by atoms with E-state index in [-0.39, 0.29) is 0 Å². The highest BCUT2D eigenvalue weighted by Gasteiger charge is 2.14. The lowest BCUT2D eigenvalue weighted by Gasteiger charge is -2.03. The van der Waals surface area contributed by atoms with Gasteiger partial charge in [0.15, 0.2) is 0 Å². The maximum Gasteiger partial charge on any atom is 0.250 e. The number of carbonyl (C=O) groups excluding carboxylic acids is 1. The number of fused-ring (bicyclic) bond motifs is 1. The van der Waals surface area contributed by atoms with Gasteiger partial charge in [-0.1, -0.05) is 18.2 Å². The van der Waals surface area contributed by atoms with E-state index in [4.69, 9.17) is 5.73 Å². The van der Waals surface area contributed by atoms with E-state index in [0.717, 1.165) is 16.5 Å². The Morgan fingerprint density at radius 1 is 1.17 bits per heavy atom. The van der Waals surface area contributed by atoms with E-state index in [0.29, 0.717) is 11.3 Å². The number of primary amides is 1. The van der Waals surface area contributed by atoms with Crippen LogP contribution in [0.5, 0.6) is 0 Å². The summed E-state index contributed by atoms with van der Waals surface area (Å²) in [4.78, 5) is 18.9. The Hall–Kier alpha value is -2.62. The first-order chi connectivity index (χ1) is 8.77. The number of hydrogen-bond acceptors (Lipinski definition) is 2. The average molecular weight is 237 g/mol. The van der Waals surface area contributed by atoms with Crippen LogP contribution in [0.1, 0.15) is 10.4 Å². The summed E-state index contributed by atoms with van der Waals surface area (Å²) in [6, 6.07) is 11.3. The number of carbonyl (C=O) groups is 1. The Bertz CT molecular complexity index is 730. The smallest absolute Gasteiger partial charge is 0.250 e. The standard InChI is InChI=1S/C14H11N3O/c15-14(18)10-5-3-7-16-13(10)11-8-17-12-6-2-1-4-9(11)12/h1-8,17H,(H2,15,18). The van der Waals surface area contributed by atoms with Crippen LogP contribution in [-0.4, -0.2) is 15.9 Å². The van der Waals surface area contributed by atoms with Crippen molar-refractivity contribution < 1.29 is 4.79 Å². The molecule has 3 N–H and O–H groups in total. The third-order valence-electron chi connectivity index (χ3n) is 2.92. The Labute approximate surface area is 103 Å². The number of aromatic amines is 1. The molecule has 1 amide bonds. The predicted octanol–water partition coefficient (Wildman–Crippen LogP) is 2.33. The number of rotatable bonds is 2. The largest absolute Gasteiger partial charge is 0.366 e. The summed E-state index contributed by atoms with van der Waals surface area (Å²) >= 11 is 0. The summed E-state index contributed by atoms with van der Waals surface area (Å²) in [5, 5.41) is 1.03. The van der Waals surface area contributed by atoms with E-state index in [1.807, 2.05) is 30.5 Å². The molecule has 2 aromatic heterocycles. The molecular weight excluding hydrogens is 226 g/mol. The Balaban J connectivity index is 2.30. The van der Waals surface area contributed by atoms with Crippen LogP contribution >= 0.6 is 0 Å². The van der Waals surface area contributed by atoms with Gasteiger partial charge in [0.2, 0.25) is 0 Å². The lowest BCUT2D eigenvalue weighted by molar-refractivity contribution is 0.100. The number of benzene rings is 1. The van der Waals surface area contributed by atoms with Gasteiger partial charge in [-0.05, 0) is 18.2 Å². The molecule has 0 fully saturated rings. The third-order valence-corrected chi connectivity index (χ3v) is 2.92. The Morgan fingerprint density at radius 3 is 2.83 bits per heavy atom. The van der Waals surface area contributed by atoms with E-state index in [1.54, 1.807) is 18.3 Å². The molecule has 0 unspecified atom stereocenters. The first-order valence-corrected chi connectivity index (χ1v) is 5.58. The minimum atomic E-state index is -0.469. The van der Waals surface area contributed by atoms with Gasteiger partial charge in [-0.2, -0.15) is 0 Å². The number of amides is 1. The van der Waals surface area contributed by atoms with E-state index in [9.17, 15) is 4.79 Å². The molecule has 4 heteroatoms. The molecule has 88 valence electrons. The van der Waals surface area contributed by atoms with Crippen molar-refractivity contribution in [3.63, 3.8) is 0 Å². The highest BCUT2D eigenvalue weighted by atomic mass is 16.1. The van der Waals surface area contributed by atoms with Gasteiger partial charge >= 0.3 is 0 Å². The van der Waals surface area contributed by atoms with E-state index in [2.05, 4.69) is 9.97 Å². The second kappa shape index (κ2) is 4.00. The predicted molar refractivity (Wildman–Crippen MR) is 70.0 cm³/mol. The monoisotopic (exact) mass is 237 g/mol. The molecule has 0 bridgehead atoms. The van der Waals surface area contributed by atoms with Crippen molar-refractivity contribution >= 4 is 16.8 Å². The number of nitrogens with one attached hydrogen (secondary N) is 1. The van der Waals surface area contributed by atoms with E-state index >= 15 is 0 Å². The molecular formula is C14H11N3O. The van der Waals surface area contributed by atoms with Crippen molar-refractivity contribution in [3.05, 3.63) is 54.4 Å². The lowest BCUT2D eigenvalue weighted by atomic mass is 10.0. The highest BCUT2D eigenvalue weighted by molar-refractivity contribution is 6.03. The molecule has 0 aliphatic rings. The molecule has 3 aromatic rings. The normalized spacial score (nSPS) is 10.7. The maximum atomic E-state index is 11.4. The van der Waals surface area contributed by atoms with Crippen LogP contribution in [0.4, 0.5) is 0 Å². The first-order valence-electron chi connectivity index (χ1n) is 5.58. The Morgan fingerprint density at radius 2 is 2.00 bits per heavy atom. The average Bonchev–Trinajstić information content (AvgIpc) is 2.82. The number of pyridine rings is 1. The van der Waals surface area contributed by atoms with Gasteiger partial charge in [-0.15, -0.1) is 0 Å². The summed E-state index contributed by atoms with van der Waals surface area (Å²) in [7, 11) is 0. The Kier molecular flexibility index (Phi) is 2.34. The molecule has 0 aliphatic heterocycles. The number of hydrogen-bond donors (Lipinski definition) is 2. The fourth-order valence-electron chi connectivity index (χ4n) is 2.09. The second-order valence-electron chi connectivity index (χ2n) is 4.01. The quantitative estimate of drug-likeness (QED) is 0.718.